The second kappa shape index (κ2) is 11.9. The fourth-order valence-electron chi connectivity index (χ4n) is 7.44. The van der Waals surface area contributed by atoms with Crippen molar-refractivity contribution in [3.63, 3.8) is 0 Å². The lowest BCUT2D eigenvalue weighted by Crippen LogP contribution is -2.42. The molecule has 0 fully saturated rings. The second-order valence-electron chi connectivity index (χ2n) is 12.4. The monoisotopic (exact) mass is 1030 g/mol. The number of halogens is 14. The third-order valence-corrected chi connectivity index (χ3v) is 12.2. The minimum Gasteiger partial charge on any atom is -0.268 e. The molecular weight excluding hydrogens is 1030 g/mol. The number of fused-ring (bicyclic) bond motifs is 2. The molecule has 280 valence electrons. The van der Waals surface area contributed by atoms with Gasteiger partial charge in [-0.3, -0.25) is 19.2 Å². The molecule has 6 nitrogen and oxygen atoms in total. The SMILES string of the molecule is O=C1c2cc(Br)c3c4c(Br)cc5c6c(cc(Br)c(c7c(Br)cc(c2c37)C(=O)N1c1c(F)c(F)c(F)c(F)c1F)c64)C(=O)N(c1c(F)c(F)c(F)c(F)c1F)C5=O. The van der Waals surface area contributed by atoms with Gasteiger partial charge in [-0.1, -0.05) is 63.7 Å². The number of hydrogen-bond donors (Lipinski definition) is 0. The van der Waals surface area contributed by atoms with E-state index in [1.54, 1.807) is 0 Å². The van der Waals surface area contributed by atoms with Crippen LogP contribution in [0.5, 0.6) is 0 Å². The third-order valence-electron chi connectivity index (χ3n) is 9.67. The zero-order valence-electron chi connectivity index (χ0n) is 26.1. The van der Waals surface area contributed by atoms with Crippen molar-refractivity contribution in [2.24, 2.45) is 0 Å². The molecule has 56 heavy (non-hydrogen) atoms. The predicted octanol–water partition coefficient (Wildman–Crippen LogP) is 11.8. The molecule has 7 aromatic carbocycles. The summed E-state index contributed by atoms with van der Waals surface area (Å²) in [7, 11) is 0. The highest BCUT2D eigenvalue weighted by Crippen LogP contribution is 2.54. The average Bonchev–Trinajstić information content (AvgIpc) is 3.16. The number of imide groups is 2. The lowest BCUT2D eigenvalue weighted by molar-refractivity contribution is 0.0874. The van der Waals surface area contributed by atoms with E-state index >= 15 is 17.6 Å². The third kappa shape index (κ3) is 4.32. The summed E-state index contributed by atoms with van der Waals surface area (Å²) in [5.74, 6) is -30.3. The molecule has 0 spiro atoms. The van der Waals surface area contributed by atoms with Gasteiger partial charge < -0.3 is 0 Å². The van der Waals surface area contributed by atoms with Gasteiger partial charge in [0.05, 0.1) is 22.3 Å². The Morgan fingerprint density at radius 2 is 0.500 bits per heavy atom. The van der Waals surface area contributed by atoms with Crippen molar-refractivity contribution in [3.8, 4) is 0 Å². The normalized spacial score (nSPS) is 14.3. The van der Waals surface area contributed by atoms with Crippen LogP contribution in [0.15, 0.2) is 42.2 Å². The van der Waals surface area contributed by atoms with E-state index in [0.717, 1.165) is 24.3 Å². The Labute approximate surface area is 335 Å². The van der Waals surface area contributed by atoms with Crippen molar-refractivity contribution in [2.75, 3.05) is 9.80 Å². The Balaban J connectivity index is 1.39. The molecule has 0 saturated heterocycles. The van der Waals surface area contributed by atoms with Crippen LogP contribution < -0.4 is 9.80 Å². The molecule has 0 bridgehead atoms. The number of carbonyl (C=O) groups is 4. The van der Waals surface area contributed by atoms with Crippen LogP contribution in [-0.4, -0.2) is 23.6 Å². The fraction of sp³-hybridized carbons (Fsp3) is 0. The van der Waals surface area contributed by atoms with Gasteiger partial charge in [0.1, 0.15) is 11.4 Å². The summed E-state index contributed by atoms with van der Waals surface area (Å²) in [5, 5.41) is 0.717. The molecule has 0 aliphatic carbocycles. The lowest BCUT2D eigenvalue weighted by Gasteiger charge is -2.32. The molecule has 9 rings (SSSR count). The van der Waals surface area contributed by atoms with Crippen LogP contribution in [0, 0.1) is 58.2 Å². The molecule has 20 heteroatoms. The molecule has 2 aliphatic rings. The number of carbonyl (C=O) groups excluding carboxylic acids is 4. The highest BCUT2D eigenvalue weighted by Gasteiger charge is 2.44. The molecule has 0 radical (unpaired) electrons. The predicted molar refractivity (Wildman–Crippen MR) is 193 cm³/mol. The maximum atomic E-state index is 15.1. The van der Waals surface area contributed by atoms with Crippen LogP contribution in [0.25, 0.3) is 43.1 Å². The summed E-state index contributed by atoms with van der Waals surface area (Å²) in [4.78, 5) is 55.7. The summed E-state index contributed by atoms with van der Waals surface area (Å²) in [6.45, 7) is 0. The Morgan fingerprint density at radius 3 is 0.714 bits per heavy atom. The van der Waals surface area contributed by atoms with Gasteiger partial charge in [0.2, 0.25) is 11.6 Å². The largest absolute Gasteiger partial charge is 0.268 e. The van der Waals surface area contributed by atoms with E-state index in [0.29, 0.717) is 0 Å². The first-order chi connectivity index (χ1) is 26.3. The van der Waals surface area contributed by atoms with Crippen molar-refractivity contribution in [1.82, 2.24) is 0 Å². The van der Waals surface area contributed by atoms with E-state index < -0.39 is 115 Å². The van der Waals surface area contributed by atoms with Gasteiger partial charge in [-0.05, 0) is 24.3 Å². The minimum absolute atomic E-state index is 0.0324. The first-order valence-electron chi connectivity index (χ1n) is 15.1. The minimum atomic E-state index is -2.52. The van der Waals surface area contributed by atoms with E-state index in [2.05, 4.69) is 63.7 Å². The van der Waals surface area contributed by atoms with Gasteiger partial charge in [-0.2, -0.15) is 0 Å². The standard InChI is InChI=1S/C36H4Br4F10N2O4/c37-9-1-5-13-6(34(54)51(33(5)53)31-27(47)23(43)21(41)24(44)28(31)48)2-11(39)17-18-12(40)4-8-14-7(3-10(38)16(20(14)18)15(9)19(13)17)35(55)52(36(8)56)32-29(49)25(45)22(42)26(46)30(32)50/h1-4H. The lowest BCUT2D eigenvalue weighted by atomic mass is 9.82. The van der Waals surface area contributed by atoms with Crippen LogP contribution >= 0.6 is 63.7 Å². The van der Waals surface area contributed by atoms with Gasteiger partial charge in [0.15, 0.2) is 46.5 Å². The Hall–Kier alpha value is -4.66. The van der Waals surface area contributed by atoms with Gasteiger partial charge in [0.25, 0.3) is 23.6 Å². The zero-order chi connectivity index (χ0) is 40.5. The second-order valence-corrected chi connectivity index (χ2v) is 15.8. The van der Waals surface area contributed by atoms with Crippen LogP contribution in [0.2, 0.25) is 0 Å². The molecule has 2 aliphatic heterocycles. The first-order valence-corrected chi connectivity index (χ1v) is 18.3. The van der Waals surface area contributed by atoms with E-state index in [4.69, 9.17) is 0 Å². The summed E-state index contributed by atoms with van der Waals surface area (Å²) in [6, 6.07) is 4.48. The number of amides is 4. The van der Waals surface area contributed by atoms with Crippen molar-refractivity contribution in [3.05, 3.63) is 123 Å². The van der Waals surface area contributed by atoms with Crippen molar-refractivity contribution in [2.45, 2.75) is 0 Å². The average molecular weight is 1040 g/mol. The molecule has 0 saturated carbocycles. The van der Waals surface area contributed by atoms with E-state index in [9.17, 15) is 45.5 Å². The summed E-state index contributed by atoms with van der Waals surface area (Å²) < 4.78 is 146. The molecule has 2 heterocycles. The number of nitrogens with zero attached hydrogens (tertiary/aromatic N) is 2. The number of rotatable bonds is 2. The quantitative estimate of drug-likeness (QED) is 0.0432. The molecule has 0 unspecified atom stereocenters. The van der Waals surface area contributed by atoms with Crippen LogP contribution in [0.1, 0.15) is 41.4 Å². The fourth-order valence-corrected chi connectivity index (χ4v) is 9.95. The van der Waals surface area contributed by atoms with E-state index in [1.165, 1.54) is 0 Å². The van der Waals surface area contributed by atoms with Crippen LogP contribution in [0.3, 0.4) is 0 Å². The maximum absolute atomic E-state index is 15.1. The van der Waals surface area contributed by atoms with Crippen molar-refractivity contribution < 1.29 is 63.1 Å². The van der Waals surface area contributed by atoms with Gasteiger partial charge >= 0.3 is 0 Å². The Kier molecular flexibility index (Phi) is 7.87. The van der Waals surface area contributed by atoms with E-state index in [-0.39, 0.29) is 70.8 Å². The first kappa shape index (κ1) is 36.9. The Morgan fingerprint density at radius 1 is 0.304 bits per heavy atom. The topological polar surface area (TPSA) is 74.8 Å². The molecule has 0 aromatic heterocycles. The van der Waals surface area contributed by atoms with Crippen molar-refractivity contribution in [1.29, 1.82) is 0 Å². The maximum Gasteiger partial charge on any atom is 0.266 e. The highest BCUT2D eigenvalue weighted by molar-refractivity contribution is 9.11. The summed E-state index contributed by atoms with van der Waals surface area (Å²) >= 11 is 13.5. The van der Waals surface area contributed by atoms with Crippen LogP contribution in [-0.2, 0) is 0 Å². The Bertz CT molecular complexity index is 2800. The molecule has 0 N–H and O–H groups in total. The summed E-state index contributed by atoms with van der Waals surface area (Å²) in [6.07, 6.45) is 0. The summed E-state index contributed by atoms with van der Waals surface area (Å²) in [5.41, 5.74) is -5.32. The smallest absolute Gasteiger partial charge is 0.266 e. The van der Waals surface area contributed by atoms with E-state index in [1.807, 2.05) is 0 Å². The van der Waals surface area contributed by atoms with Gasteiger partial charge in [-0.25, -0.2) is 53.7 Å². The van der Waals surface area contributed by atoms with Crippen LogP contribution in [0.4, 0.5) is 55.3 Å². The van der Waals surface area contributed by atoms with Gasteiger partial charge in [-0.15, -0.1) is 0 Å². The molecule has 4 amide bonds. The zero-order valence-corrected chi connectivity index (χ0v) is 32.5. The molecular formula is C36H4Br4F10N2O4. The highest BCUT2D eigenvalue weighted by atomic mass is 79.9. The van der Waals surface area contributed by atoms with Crippen molar-refractivity contribution >= 4 is 142 Å². The number of benzene rings is 7. The number of hydrogen-bond acceptors (Lipinski definition) is 4. The molecule has 0 atom stereocenters. The van der Waals surface area contributed by atoms with Gasteiger partial charge in [0, 0.05) is 61.0 Å². The molecule has 7 aromatic rings. The number of anilines is 2.